The van der Waals surface area contributed by atoms with Crippen LogP contribution in [-0.2, 0) is 0 Å². The Morgan fingerprint density at radius 2 is 2.18 bits per heavy atom. The number of hydrogen-bond acceptors (Lipinski definition) is 3. The molecule has 0 amide bonds. The van der Waals surface area contributed by atoms with E-state index in [9.17, 15) is 0 Å². The normalized spacial score (nSPS) is 16.7. The Balaban J connectivity index is 2.31. The van der Waals surface area contributed by atoms with Gasteiger partial charge in [-0.1, -0.05) is 15.9 Å². The summed E-state index contributed by atoms with van der Waals surface area (Å²) in [5.74, 6) is 2.24. The van der Waals surface area contributed by atoms with E-state index in [1.807, 2.05) is 19.1 Å². The second-order valence-corrected chi connectivity index (χ2v) is 5.39. The lowest BCUT2D eigenvalue weighted by molar-refractivity contribution is 0.276. The van der Waals surface area contributed by atoms with Gasteiger partial charge in [-0.05, 0) is 37.8 Å². The lowest BCUT2D eigenvalue weighted by Gasteiger charge is -2.18. The molecule has 17 heavy (non-hydrogen) atoms. The molecule has 1 fully saturated rings. The summed E-state index contributed by atoms with van der Waals surface area (Å²) in [5.41, 5.74) is 6.97. The zero-order chi connectivity index (χ0) is 12.4. The topological polar surface area (TPSA) is 44.5 Å². The van der Waals surface area contributed by atoms with Crippen molar-refractivity contribution in [3.05, 3.63) is 22.2 Å². The molecule has 0 aliphatic heterocycles. The lowest BCUT2D eigenvalue weighted by Crippen LogP contribution is -2.11. The van der Waals surface area contributed by atoms with Gasteiger partial charge in [0, 0.05) is 16.1 Å². The highest BCUT2D eigenvalue weighted by atomic mass is 79.9. The summed E-state index contributed by atoms with van der Waals surface area (Å²) in [7, 11) is 1.65. The van der Waals surface area contributed by atoms with Crippen molar-refractivity contribution >= 4 is 15.9 Å². The van der Waals surface area contributed by atoms with Crippen LogP contribution >= 0.6 is 15.9 Å². The molecule has 3 nitrogen and oxygen atoms in total. The van der Waals surface area contributed by atoms with Crippen LogP contribution in [0.4, 0.5) is 0 Å². The van der Waals surface area contributed by atoms with Crippen LogP contribution in [-0.4, -0.2) is 13.7 Å². The van der Waals surface area contributed by atoms with Crippen LogP contribution in [0, 0.1) is 5.92 Å². The van der Waals surface area contributed by atoms with Crippen LogP contribution in [0.25, 0.3) is 0 Å². The maximum Gasteiger partial charge on any atom is 0.167 e. The van der Waals surface area contributed by atoms with Crippen molar-refractivity contribution in [3.8, 4) is 11.5 Å². The first-order valence-electron chi connectivity index (χ1n) is 5.88. The molecule has 2 rings (SSSR count). The third-order valence-corrected chi connectivity index (χ3v) is 3.63. The van der Waals surface area contributed by atoms with E-state index in [-0.39, 0.29) is 6.04 Å². The molecule has 0 spiro atoms. The smallest absolute Gasteiger partial charge is 0.167 e. The second-order valence-electron chi connectivity index (χ2n) is 4.54. The van der Waals surface area contributed by atoms with Crippen molar-refractivity contribution in [1.82, 2.24) is 0 Å². The van der Waals surface area contributed by atoms with Crippen LogP contribution in [0.15, 0.2) is 16.6 Å². The Kier molecular flexibility index (Phi) is 3.94. The molecule has 94 valence electrons. The summed E-state index contributed by atoms with van der Waals surface area (Å²) in [5, 5.41) is 0. The molecule has 0 heterocycles. The zero-order valence-electron chi connectivity index (χ0n) is 10.2. The monoisotopic (exact) mass is 299 g/mol. The number of rotatable bonds is 5. The molecule has 0 saturated heterocycles. The third-order valence-electron chi connectivity index (χ3n) is 2.94. The summed E-state index contributed by atoms with van der Waals surface area (Å²) in [6, 6.07) is 3.76. The number of nitrogens with two attached hydrogens (primary N) is 1. The lowest BCUT2D eigenvalue weighted by atomic mass is 10.1. The van der Waals surface area contributed by atoms with E-state index in [2.05, 4.69) is 15.9 Å². The average Bonchev–Trinajstić information content (AvgIpc) is 3.09. The van der Waals surface area contributed by atoms with E-state index in [1.165, 1.54) is 12.8 Å². The highest BCUT2D eigenvalue weighted by molar-refractivity contribution is 9.10. The number of hydrogen-bond donors (Lipinski definition) is 1. The van der Waals surface area contributed by atoms with E-state index < -0.39 is 0 Å². The first-order valence-corrected chi connectivity index (χ1v) is 6.67. The van der Waals surface area contributed by atoms with Gasteiger partial charge in [0.2, 0.25) is 0 Å². The average molecular weight is 300 g/mol. The van der Waals surface area contributed by atoms with E-state index >= 15 is 0 Å². The molecule has 1 unspecified atom stereocenters. The predicted octanol–water partition coefficient (Wildman–Crippen LogP) is 3.27. The molecular formula is C13H18BrNO2. The van der Waals surface area contributed by atoms with E-state index in [0.717, 1.165) is 28.1 Å². The molecule has 1 aliphatic rings. The van der Waals surface area contributed by atoms with Crippen LogP contribution in [0.3, 0.4) is 0 Å². The summed E-state index contributed by atoms with van der Waals surface area (Å²) in [6.07, 6.45) is 2.54. The quantitative estimate of drug-likeness (QED) is 0.907. The number of halogens is 1. The van der Waals surface area contributed by atoms with Crippen molar-refractivity contribution in [2.24, 2.45) is 11.7 Å². The molecule has 1 aliphatic carbocycles. The van der Waals surface area contributed by atoms with Crippen molar-refractivity contribution in [3.63, 3.8) is 0 Å². The summed E-state index contributed by atoms with van der Waals surface area (Å²) in [6.45, 7) is 2.70. The van der Waals surface area contributed by atoms with Gasteiger partial charge in [0.25, 0.3) is 0 Å². The second kappa shape index (κ2) is 5.27. The standard InChI is InChI=1S/C13H18BrNO2/c1-8(15)12-10(14)5-6-11(16-2)13(12)17-7-9-3-4-9/h5-6,8-9H,3-4,7,15H2,1-2H3. The molecule has 1 atom stereocenters. The van der Waals surface area contributed by atoms with Gasteiger partial charge in [-0.2, -0.15) is 0 Å². The van der Waals surface area contributed by atoms with Gasteiger partial charge in [-0.25, -0.2) is 0 Å². The Morgan fingerprint density at radius 3 is 2.71 bits per heavy atom. The van der Waals surface area contributed by atoms with Gasteiger partial charge in [-0.15, -0.1) is 0 Å². The van der Waals surface area contributed by atoms with Crippen LogP contribution in [0.5, 0.6) is 11.5 Å². The number of ether oxygens (including phenoxy) is 2. The SMILES string of the molecule is COc1ccc(Br)c(C(C)N)c1OCC1CC1. The first kappa shape index (κ1) is 12.7. The van der Waals surface area contributed by atoms with E-state index in [0.29, 0.717) is 5.92 Å². The highest BCUT2D eigenvalue weighted by Crippen LogP contribution is 2.40. The Morgan fingerprint density at radius 1 is 1.47 bits per heavy atom. The van der Waals surface area contributed by atoms with Gasteiger partial charge in [-0.3, -0.25) is 0 Å². The molecule has 2 N–H and O–H groups in total. The molecule has 4 heteroatoms. The van der Waals surface area contributed by atoms with Crippen molar-refractivity contribution < 1.29 is 9.47 Å². The molecular weight excluding hydrogens is 282 g/mol. The highest BCUT2D eigenvalue weighted by Gasteiger charge is 2.24. The molecule has 0 radical (unpaired) electrons. The Labute approximate surface area is 110 Å². The molecule has 0 aromatic heterocycles. The first-order chi connectivity index (χ1) is 8.13. The number of benzene rings is 1. The Bertz CT molecular complexity index is 403. The maximum atomic E-state index is 6.00. The minimum absolute atomic E-state index is 0.0892. The fraction of sp³-hybridized carbons (Fsp3) is 0.538. The Hall–Kier alpha value is -0.740. The predicted molar refractivity (Wildman–Crippen MR) is 71.5 cm³/mol. The fourth-order valence-electron chi connectivity index (χ4n) is 1.78. The van der Waals surface area contributed by atoms with Crippen molar-refractivity contribution in [1.29, 1.82) is 0 Å². The van der Waals surface area contributed by atoms with E-state index in [1.54, 1.807) is 7.11 Å². The largest absolute Gasteiger partial charge is 0.493 e. The van der Waals surface area contributed by atoms with Crippen molar-refractivity contribution in [2.45, 2.75) is 25.8 Å². The minimum Gasteiger partial charge on any atom is -0.493 e. The molecule has 0 bridgehead atoms. The molecule has 1 aromatic rings. The minimum atomic E-state index is -0.0892. The van der Waals surface area contributed by atoms with Gasteiger partial charge >= 0.3 is 0 Å². The van der Waals surface area contributed by atoms with Gasteiger partial charge < -0.3 is 15.2 Å². The van der Waals surface area contributed by atoms with E-state index in [4.69, 9.17) is 15.2 Å². The third kappa shape index (κ3) is 2.93. The number of methoxy groups -OCH3 is 1. The zero-order valence-corrected chi connectivity index (χ0v) is 11.8. The van der Waals surface area contributed by atoms with Gasteiger partial charge in [0.05, 0.1) is 13.7 Å². The van der Waals surface area contributed by atoms with Crippen LogP contribution < -0.4 is 15.2 Å². The summed E-state index contributed by atoms with van der Waals surface area (Å²) >= 11 is 3.52. The van der Waals surface area contributed by atoms with Crippen LogP contribution in [0.2, 0.25) is 0 Å². The fourth-order valence-corrected chi connectivity index (χ4v) is 2.45. The van der Waals surface area contributed by atoms with Crippen LogP contribution in [0.1, 0.15) is 31.4 Å². The summed E-state index contributed by atoms with van der Waals surface area (Å²) in [4.78, 5) is 0. The molecule has 1 aromatic carbocycles. The maximum absolute atomic E-state index is 6.00. The van der Waals surface area contributed by atoms with Crippen molar-refractivity contribution in [2.75, 3.05) is 13.7 Å². The summed E-state index contributed by atoms with van der Waals surface area (Å²) < 4.78 is 12.2. The van der Waals surface area contributed by atoms with Gasteiger partial charge in [0.1, 0.15) is 0 Å². The molecule has 1 saturated carbocycles. The van der Waals surface area contributed by atoms with Gasteiger partial charge in [0.15, 0.2) is 11.5 Å².